The molecule has 8 heteroatoms. The van der Waals surface area contributed by atoms with Gasteiger partial charge in [0.15, 0.2) is 18.1 Å². The van der Waals surface area contributed by atoms with Gasteiger partial charge in [-0.3, -0.25) is 4.79 Å². The predicted molar refractivity (Wildman–Crippen MR) is 111 cm³/mol. The minimum atomic E-state index is -0.390. The number of carbonyl (C=O) groups excluding carboxylic acids is 1. The van der Waals surface area contributed by atoms with Gasteiger partial charge in [0.1, 0.15) is 5.82 Å². The summed E-state index contributed by atoms with van der Waals surface area (Å²) in [5, 5.41) is 3.91. The molecular formula is C23H24FN3O4. The Balaban J connectivity index is 1.33. The monoisotopic (exact) mass is 425 g/mol. The highest BCUT2D eigenvalue weighted by molar-refractivity contribution is 5.78. The molecule has 4 rings (SSSR count). The van der Waals surface area contributed by atoms with E-state index < -0.39 is 0 Å². The zero-order valence-electron chi connectivity index (χ0n) is 17.3. The molecule has 1 aliphatic rings. The van der Waals surface area contributed by atoms with Gasteiger partial charge >= 0.3 is 0 Å². The molecule has 2 heterocycles. The molecule has 3 aromatic rings. The van der Waals surface area contributed by atoms with Crippen molar-refractivity contribution in [3.8, 4) is 22.9 Å². The van der Waals surface area contributed by atoms with Crippen LogP contribution in [-0.4, -0.2) is 47.8 Å². The first-order valence-electron chi connectivity index (χ1n) is 10.2. The van der Waals surface area contributed by atoms with Crippen LogP contribution in [-0.2, 0) is 11.2 Å². The Morgan fingerprint density at radius 3 is 2.77 bits per heavy atom. The first-order valence-corrected chi connectivity index (χ1v) is 10.2. The molecule has 162 valence electrons. The van der Waals surface area contributed by atoms with Gasteiger partial charge in [0.2, 0.25) is 11.7 Å². The van der Waals surface area contributed by atoms with Gasteiger partial charge in [-0.25, -0.2) is 4.39 Å². The number of benzene rings is 2. The van der Waals surface area contributed by atoms with Crippen molar-refractivity contribution in [2.45, 2.75) is 19.3 Å². The molecule has 1 amide bonds. The van der Waals surface area contributed by atoms with Gasteiger partial charge in [-0.2, -0.15) is 4.98 Å². The second-order valence-corrected chi connectivity index (χ2v) is 7.48. The van der Waals surface area contributed by atoms with E-state index in [1.54, 1.807) is 42.3 Å². The smallest absolute Gasteiger partial charge is 0.260 e. The summed E-state index contributed by atoms with van der Waals surface area (Å²) >= 11 is 0. The van der Waals surface area contributed by atoms with Crippen LogP contribution < -0.4 is 9.47 Å². The summed E-state index contributed by atoms with van der Waals surface area (Å²) in [4.78, 5) is 18.8. The van der Waals surface area contributed by atoms with Gasteiger partial charge in [0.25, 0.3) is 5.91 Å². The molecular weight excluding hydrogens is 401 g/mol. The number of nitrogens with zero attached hydrogens (tertiary/aromatic N) is 3. The fraction of sp³-hybridized carbons (Fsp3) is 0.348. The van der Waals surface area contributed by atoms with Crippen molar-refractivity contribution in [1.29, 1.82) is 0 Å². The Morgan fingerprint density at radius 1 is 1.19 bits per heavy atom. The molecule has 0 spiro atoms. The van der Waals surface area contributed by atoms with Crippen LogP contribution in [0.5, 0.6) is 11.5 Å². The fourth-order valence-corrected chi connectivity index (χ4v) is 3.76. The maximum atomic E-state index is 13.9. The van der Waals surface area contributed by atoms with Crippen molar-refractivity contribution in [3.05, 3.63) is 60.2 Å². The van der Waals surface area contributed by atoms with Crippen molar-refractivity contribution in [2.75, 3.05) is 26.8 Å². The molecule has 1 unspecified atom stereocenters. The van der Waals surface area contributed by atoms with E-state index >= 15 is 0 Å². The highest BCUT2D eigenvalue weighted by atomic mass is 19.1. The number of halogens is 1. The first kappa shape index (κ1) is 20.8. The van der Waals surface area contributed by atoms with Crippen LogP contribution in [0.3, 0.4) is 0 Å². The Kier molecular flexibility index (Phi) is 6.45. The van der Waals surface area contributed by atoms with Crippen LogP contribution in [0.4, 0.5) is 4.39 Å². The van der Waals surface area contributed by atoms with E-state index in [2.05, 4.69) is 10.1 Å². The summed E-state index contributed by atoms with van der Waals surface area (Å²) < 4.78 is 30.2. The predicted octanol–water partition coefficient (Wildman–Crippen LogP) is 3.74. The van der Waals surface area contributed by atoms with Gasteiger partial charge in [0.05, 0.1) is 12.7 Å². The van der Waals surface area contributed by atoms with Gasteiger partial charge < -0.3 is 18.9 Å². The number of rotatable bonds is 7. The lowest BCUT2D eigenvalue weighted by atomic mass is 9.94. The zero-order chi connectivity index (χ0) is 21.6. The molecule has 0 radical (unpaired) electrons. The average molecular weight is 425 g/mol. The number of carbonyl (C=O) groups is 1. The van der Waals surface area contributed by atoms with Crippen molar-refractivity contribution in [1.82, 2.24) is 15.0 Å². The van der Waals surface area contributed by atoms with Crippen LogP contribution in [0.15, 0.2) is 53.1 Å². The molecule has 1 aromatic heterocycles. The average Bonchev–Trinajstić information content (AvgIpc) is 3.26. The quantitative estimate of drug-likeness (QED) is 0.574. The molecule has 31 heavy (non-hydrogen) atoms. The first-order chi connectivity index (χ1) is 15.1. The van der Waals surface area contributed by atoms with Crippen molar-refractivity contribution in [2.24, 2.45) is 5.92 Å². The molecule has 2 aromatic carbocycles. The lowest BCUT2D eigenvalue weighted by molar-refractivity contribution is -0.135. The standard InChI is InChI=1S/C23H24FN3O4/c1-29-19-10-4-5-11-20(19)30-15-22(28)27-12-6-7-16(14-27)13-21-25-23(26-31-21)17-8-2-3-9-18(17)24/h2-5,8-11,16H,6-7,12-15H2,1H3. The molecule has 0 bridgehead atoms. The molecule has 1 saturated heterocycles. The Labute approximate surface area is 179 Å². The van der Waals surface area contributed by atoms with Crippen molar-refractivity contribution >= 4 is 5.91 Å². The number of amides is 1. The van der Waals surface area contributed by atoms with E-state index in [0.717, 1.165) is 12.8 Å². The van der Waals surface area contributed by atoms with Crippen molar-refractivity contribution < 1.29 is 23.2 Å². The number of hydrogen-bond donors (Lipinski definition) is 0. The summed E-state index contributed by atoms with van der Waals surface area (Å²) in [7, 11) is 1.56. The molecule has 0 saturated carbocycles. The van der Waals surface area contributed by atoms with Crippen LogP contribution in [0.1, 0.15) is 18.7 Å². The number of ether oxygens (including phenoxy) is 2. The van der Waals surface area contributed by atoms with Gasteiger partial charge in [-0.1, -0.05) is 29.4 Å². The number of piperidine rings is 1. The minimum Gasteiger partial charge on any atom is -0.493 e. The summed E-state index contributed by atoms with van der Waals surface area (Å²) in [6.45, 7) is 1.23. The highest BCUT2D eigenvalue weighted by Gasteiger charge is 2.26. The number of methoxy groups -OCH3 is 1. The summed E-state index contributed by atoms with van der Waals surface area (Å²) in [6, 6.07) is 13.6. The fourth-order valence-electron chi connectivity index (χ4n) is 3.76. The topological polar surface area (TPSA) is 77.7 Å². The van der Waals surface area contributed by atoms with Gasteiger partial charge in [0, 0.05) is 19.5 Å². The number of aromatic nitrogens is 2. The maximum Gasteiger partial charge on any atom is 0.260 e. The largest absolute Gasteiger partial charge is 0.493 e. The second kappa shape index (κ2) is 9.59. The highest BCUT2D eigenvalue weighted by Crippen LogP contribution is 2.27. The van der Waals surface area contributed by atoms with Crippen LogP contribution in [0.25, 0.3) is 11.4 Å². The summed E-state index contributed by atoms with van der Waals surface area (Å²) in [6.07, 6.45) is 2.38. The van der Waals surface area contributed by atoms with Crippen LogP contribution in [0.2, 0.25) is 0 Å². The molecule has 1 fully saturated rings. The molecule has 0 N–H and O–H groups in total. The number of hydrogen-bond acceptors (Lipinski definition) is 6. The molecule has 1 atom stereocenters. The minimum absolute atomic E-state index is 0.0505. The maximum absolute atomic E-state index is 13.9. The summed E-state index contributed by atoms with van der Waals surface area (Å²) in [5.74, 6) is 1.54. The number of likely N-dealkylation sites (tertiary alicyclic amines) is 1. The molecule has 7 nitrogen and oxygen atoms in total. The van der Waals surface area contributed by atoms with E-state index in [9.17, 15) is 9.18 Å². The van der Waals surface area contributed by atoms with Gasteiger partial charge in [-0.15, -0.1) is 0 Å². The number of para-hydroxylation sites is 2. The second-order valence-electron chi connectivity index (χ2n) is 7.48. The Bertz CT molecular complexity index is 1040. The van der Waals surface area contributed by atoms with Crippen molar-refractivity contribution in [3.63, 3.8) is 0 Å². The summed E-state index contributed by atoms with van der Waals surface area (Å²) in [5.41, 5.74) is 0.312. The van der Waals surface area contributed by atoms with E-state index in [0.29, 0.717) is 42.5 Å². The normalized spacial score (nSPS) is 16.2. The molecule has 1 aliphatic heterocycles. The third-order valence-corrected chi connectivity index (χ3v) is 5.34. The molecule has 0 aliphatic carbocycles. The van der Waals surface area contributed by atoms with E-state index in [1.807, 2.05) is 12.1 Å². The van der Waals surface area contributed by atoms with Gasteiger partial charge in [-0.05, 0) is 43.0 Å². The zero-order valence-corrected chi connectivity index (χ0v) is 17.3. The SMILES string of the molecule is COc1ccccc1OCC(=O)N1CCCC(Cc2nc(-c3ccccc3F)no2)C1. The Morgan fingerprint density at radius 2 is 1.97 bits per heavy atom. The van der Waals surface area contributed by atoms with E-state index in [4.69, 9.17) is 14.0 Å². The lowest BCUT2D eigenvalue weighted by Crippen LogP contribution is -2.42. The Hall–Kier alpha value is -3.42. The van der Waals surface area contributed by atoms with E-state index in [1.165, 1.54) is 6.07 Å². The van der Waals surface area contributed by atoms with Crippen LogP contribution >= 0.6 is 0 Å². The van der Waals surface area contributed by atoms with E-state index in [-0.39, 0.29) is 30.1 Å². The van der Waals surface area contributed by atoms with Crippen LogP contribution in [0, 0.1) is 11.7 Å². The lowest BCUT2D eigenvalue weighted by Gasteiger charge is -2.32. The third-order valence-electron chi connectivity index (χ3n) is 5.34. The third kappa shape index (κ3) is 5.02.